The molecule has 15 heavy (non-hydrogen) atoms. The van der Waals surface area contributed by atoms with E-state index in [0.717, 1.165) is 16.7 Å². The topological polar surface area (TPSA) is 46.5 Å². The lowest BCUT2D eigenvalue weighted by atomic mass is 10.1. The molecule has 1 aromatic rings. The largest absolute Gasteiger partial charge is 0.466 e. The van der Waals surface area contributed by atoms with Gasteiger partial charge in [-0.05, 0) is 23.6 Å². The fourth-order valence-electron chi connectivity index (χ4n) is 1.19. The van der Waals surface area contributed by atoms with Crippen molar-refractivity contribution >= 4 is 11.5 Å². The van der Waals surface area contributed by atoms with Crippen LogP contribution in [0.1, 0.15) is 18.1 Å². The zero-order valence-corrected chi connectivity index (χ0v) is 8.86. The minimum atomic E-state index is -0.362. The molecular weight excluding hydrogens is 192 g/mol. The number of hydrogen-bond acceptors (Lipinski definition) is 3. The van der Waals surface area contributed by atoms with Crippen LogP contribution in [0.5, 0.6) is 0 Å². The predicted molar refractivity (Wildman–Crippen MR) is 58.0 cm³/mol. The number of ether oxygens (including phenoxy) is 1. The molecule has 0 spiro atoms. The highest BCUT2D eigenvalue weighted by Crippen LogP contribution is 2.14. The molecule has 0 unspecified atom stereocenters. The fraction of sp³-hybridized carbons (Fsp3) is 0.250. The van der Waals surface area contributed by atoms with Crippen molar-refractivity contribution in [2.24, 2.45) is 0 Å². The summed E-state index contributed by atoms with van der Waals surface area (Å²) in [6.07, 6.45) is 1.44. The smallest absolute Gasteiger partial charge is 0.330 e. The maximum absolute atomic E-state index is 11.0. The summed E-state index contributed by atoms with van der Waals surface area (Å²) in [5.41, 5.74) is 2.63. The van der Waals surface area contributed by atoms with Gasteiger partial charge in [-0.25, -0.2) is 4.79 Å². The zero-order chi connectivity index (χ0) is 11.3. The van der Waals surface area contributed by atoms with E-state index in [1.165, 1.54) is 13.2 Å². The molecule has 0 heterocycles. The molecule has 1 rings (SSSR count). The molecule has 0 saturated carbocycles. The minimum Gasteiger partial charge on any atom is -0.466 e. The lowest BCUT2D eigenvalue weighted by molar-refractivity contribution is -0.134. The molecule has 0 aliphatic carbocycles. The van der Waals surface area contributed by atoms with Gasteiger partial charge in [-0.3, -0.25) is 0 Å². The van der Waals surface area contributed by atoms with Crippen LogP contribution in [0.4, 0.5) is 0 Å². The Morgan fingerprint density at radius 2 is 2.00 bits per heavy atom. The summed E-state index contributed by atoms with van der Waals surface area (Å²) in [5, 5.41) is 8.86. The minimum absolute atomic E-state index is 0.0278. The van der Waals surface area contributed by atoms with E-state index < -0.39 is 0 Å². The lowest BCUT2D eigenvalue weighted by Crippen LogP contribution is -1.95. The van der Waals surface area contributed by atoms with Crippen molar-refractivity contribution in [2.75, 3.05) is 7.11 Å². The van der Waals surface area contributed by atoms with Crippen molar-refractivity contribution in [1.29, 1.82) is 0 Å². The fourth-order valence-corrected chi connectivity index (χ4v) is 1.19. The molecule has 0 fully saturated rings. The van der Waals surface area contributed by atoms with Gasteiger partial charge in [-0.1, -0.05) is 24.3 Å². The van der Waals surface area contributed by atoms with Crippen molar-refractivity contribution in [3.05, 3.63) is 41.5 Å². The van der Waals surface area contributed by atoms with Gasteiger partial charge in [0.1, 0.15) is 0 Å². The number of hydrogen-bond donors (Lipinski definition) is 1. The molecule has 0 atom stereocenters. The SMILES string of the molecule is COC(=O)/C=C(\C)c1ccc(CO)cc1. The summed E-state index contributed by atoms with van der Waals surface area (Å²) in [4.78, 5) is 11.0. The first-order valence-electron chi connectivity index (χ1n) is 4.63. The first-order valence-corrected chi connectivity index (χ1v) is 4.63. The number of carbonyl (C=O) groups excluding carboxylic acids is 1. The Morgan fingerprint density at radius 3 is 2.47 bits per heavy atom. The molecule has 0 aromatic heterocycles. The summed E-state index contributed by atoms with van der Waals surface area (Å²) in [6, 6.07) is 7.37. The molecular formula is C12H14O3. The van der Waals surface area contributed by atoms with Crippen molar-refractivity contribution < 1.29 is 14.6 Å². The molecule has 3 nitrogen and oxygen atoms in total. The Bertz CT molecular complexity index is 363. The number of rotatable bonds is 3. The summed E-state index contributed by atoms with van der Waals surface area (Å²) in [5.74, 6) is -0.362. The Kier molecular flexibility index (Phi) is 4.06. The third-order valence-corrected chi connectivity index (χ3v) is 2.13. The first-order chi connectivity index (χ1) is 7.17. The van der Waals surface area contributed by atoms with Crippen LogP contribution in [0.2, 0.25) is 0 Å². The lowest BCUT2D eigenvalue weighted by Gasteiger charge is -2.02. The normalized spacial score (nSPS) is 11.3. The highest BCUT2D eigenvalue weighted by molar-refractivity contribution is 5.90. The van der Waals surface area contributed by atoms with Crippen LogP contribution in [0.15, 0.2) is 30.3 Å². The first kappa shape index (κ1) is 11.5. The number of carbonyl (C=O) groups is 1. The number of aliphatic hydroxyl groups excluding tert-OH is 1. The highest BCUT2D eigenvalue weighted by atomic mass is 16.5. The van der Waals surface area contributed by atoms with Crippen LogP contribution in [-0.4, -0.2) is 18.2 Å². The zero-order valence-electron chi connectivity index (χ0n) is 8.86. The van der Waals surface area contributed by atoms with Gasteiger partial charge >= 0.3 is 5.97 Å². The molecule has 1 aromatic carbocycles. The molecule has 0 bridgehead atoms. The van der Waals surface area contributed by atoms with Crippen LogP contribution in [0, 0.1) is 0 Å². The van der Waals surface area contributed by atoms with E-state index in [2.05, 4.69) is 4.74 Å². The maximum atomic E-state index is 11.0. The standard InChI is InChI=1S/C12H14O3/c1-9(7-12(14)15-2)11-5-3-10(8-13)4-6-11/h3-7,13H,8H2,1-2H3/b9-7+. The second-order valence-corrected chi connectivity index (χ2v) is 3.21. The van der Waals surface area contributed by atoms with Gasteiger partial charge in [-0.15, -0.1) is 0 Å². The van der Waals surface area contributed by atoms with Crippen molar-refractivity contribution in [1.82, 2.24) is 0 Å². The number of methoxy groups -OCH3 is 1. The number of allylic oxidation sites excluding steroid dienone is 1. The molecule has 0 aliphatic rings. The average molecular weight is 206 g/mol. The van der Waals surface area contributed by atoms with E-state index in [9.17, 15) is 4.79 Å². The molecule has 3 heteroatoms. The van der Waals surface area contributed by atoms with Crippen LogP contribution in [-0.2, 0) is 16.1 Å². The van der Waals surface area contributed by atoms with E-state index in [0.29, 0.717) is 0 Å². The molecule has 80 valence electrons. The molecule has 0 amide bonds. The summed E-state index contributed by atoms with van der Waals surface area (Å²) < 4.78 is 4.53. The summed E-state index contributed by atoms with van der Waals surface area (Å²) >= 11 is 0. The Morgan fingerprint density at radius 1 is 1.40 bits per heavy atom. The quantitative estimate of drug-likeness (QED) is 0.605. The number of aliphatic hydroxyl groups is 1. The maximum Gasteiger partial charge on any atom is 0.330 e. The van der Waals surface area contributed by atoms with Crippen LogP contribution in [0.25, 0.3) is 5.57 Å². The average Bonchev–Trinajstić information content (AvgIpc) is 2.29. The second-order valence-electron chi connectivity index (χ2n) is 3.21. The number of esters is 1. The predicted octanol–water partition coefficient (Wildman–Crippen LogP) is 1.76. The molecule has 0 saturated heterocycles. The van der Waals surface area contributed by atoms with Crippen molar-refractivity contribution in [2.45, 2.75) is 13.5 Å². The van der Waals surface area contributed by atoms with Gasteiger partial charge in [0.15, 0.2) is 0 Å². The number of benzene rings is 1. The van der Waals surface area contributed by atoms with Gasteiger partial charge in [0.25, 0.3) is 0 Å². The van der Waals surface area contributed by atoms with Crippen molar-refractivity contribution in [3.8, 4) is 0 Å². The van der Waals surface area contributed by atoms with Gasteiger partial charge in [0, 0.05) is 6.08 Å². The Balaban J connectivity index is 2.87. The van der Waals surface area contributed by atoms with Crippen LogP contribution in [0.3, 0.4) is 0 Å². The monoisotopic (exact) mass is 206 g/mol. The van der Waals surface area contributed by atoms with Crippen molar-refractivity contribution in [3.63, 3.8) is 0 Å². The van der Waals surface area contributed by atoms with Gasteiger partial charge in [0.2, 0.25) is 0 Å². The van der Waals surface area contributed by atoms with E-state index >= 15 is 0 Å². The van der Waals surface area contributed by atoms with E-state index in [4.69, 9.17) is 5.11 Å². The molecule has 0 radical (unpaired) electrons. The highest BCUT2D eigenvalue weighted by Gasteiger charge is 1.99. The van der Waals surface area contributed by atoms with E-state index in [-0.39, 0.29) is 12.6 Å². The summed E-state index contributed by atoms with van der Waals surface area (Å²) in [7, 11) is 1.35. The van der Waals surface area contributed by atoms with Crippen LogP contribution >= 0.6 is 0 Å². The summed E-state index contributed by atoms with van der Waals surface area (Å²) in [6.45, 7) is 1.87. The molecule has 1 N–H and O–H groups in total. The molecule has 0 aliphatic heterocycles. The van der Waals surface area contributed by atoms with Gasteiger partial charge in [-0.2, -0.15) is 0 Å². The third-order valence-electron chi connectivity index (χ3n) is 2.13. The van der Waals surface area contributed by atoms with E-state index in [1.54, 1.807) is 0 Å². The Labute approximate surface area is 89.0 Å². The van der Waals surface area contributed by atoms with Crippen LogP contribution < -0.4 is 0 Å². The third kappa shape index (κ3) is 3.22. The second kappa shape index (κ2) is 5.32. The van der Waals surface area contributed by atoms with Gasteiger partial charge < -0.3 is 9.84 Å². The Hall–Kier alpha value is -1.61. The van der Waals surface area contributed by atoms with Gasteiger partial charge in [0.05, 0.1) is 13.7 Å². The van der Waals surface area contributed by atoms with E-state index in [1.807, 2.05) is 31.2 Å².